The Kier molecular flexibility index (Phi) is 1.76. The summed E-state index contributed by atoms with van der Waals surface area (Å²) in [5.41, 5.74) is 7.79. The maximum atomic E-state index is 5.68. The minimum absolute atomic E-state index is 0.810. The summed E-state index contributed by atoms with van der Waals surface area (Å²) in [5.74, 6) is 0. The van der Waals surface area contributed by atoms with Crippen molar-refractivity contribution in [3.05, 3.63) is 22.7 Å². The predicted molar refractivity (Wildman–Crippen MR) is 42.5 cm³/mol. The van der Waals surface area contributed by atoms with Gasteiger partial charge >= 0.3 is 0 Å². The zero-order chi connectivity index (χ0) is 6.85. The number of hydrogen-bond acceptors (Lipinski definition) is 2. The van der Waals surface area contributed by atoms with Crippen LogP contribution in [-0.2, 0) is 6.42 Å². The minimum Gasteiger partial charge on any atom is -0.398 e. The van der Waals surface area contributed by atoms with E-state index in [0.717, 1.165) is 12.1 Å². The third-order valence-electron chi connectivity index (χ3n) is 1.33. The number of rotatable bonds is 1. The number of nitrogens with two attached hydrogens (primary N) is 1. The van der Waals surface area contributed by atoms with Crippen LogP contribution in [0.1, 0.15) is 10.4 Å². The van der Waals surface area contributed by atoms with E-state index in [9.17, 15) is 0 Å². The fourth-order valence-corrected chi connectivity index (χ4v) is 1.55. The summed E-state index contributed by atoms with van der Waals surface area (Å²) in [4.78, 5) is 1.20. The van der Waals surface area contributed by atoms with Crippen molar-refractivity contribution < 1.29 is 0 Å². The maximum Gasteiger partial charge on any atom is 0.0485 e. The highest BCUT2D eigenvalue weighted by molar-refractivity contribution is 7.10. The first-order valence-corrected chi connectivity index (χ1v) is 3.75. The molecule has 49 valence electrons. The van der Waals surface area contributed by atoms with Crippen LogP contribution in [0.3, 0.4) is 0 Å². The van der Waals surface area contributed by atoms with Crippen molar-refractivity contribution in [2.24, 2.45) is 0 Å². The minimum atomic E-state index is 0.810. The lowest BCUT2D eigenvalue weighted by atomic mass is 10.2. The second kappa shape index (κ2) is 2.40. The Labute approximate surface area is 59.5 Å². The van der Waals surface area contributed by atoms with Gasteiger partial charge in [-0.25, -0.2) is 0 Å². The number of nitrogen functional groups attached to an aromatic ring is 1. The van der Waals surface area contributed by atoms with Gasteiger partial charge in [0.1, 0.15) is 0 Å². The molecule has 0 unspecified atom stereocenters. The van der Waals surface area contributed by atoms with Crippen LogP contribution in [0.15, 0.2) is 5.38 Å². The van der Waals surface area contributed by atoms with Gasteiger partial charge in [0.05, 0.1) is 0 Å². The van der Waals surface area contributed by atoms with E-state index in [-0.39, 0.29) is 0 Å². The molecule has 2 N–H and O–H groups in total. The van der Waals surface area contributed by atoms with Crippen molar-refractivity contribution in [2.45, 2.75) is 13.3 Å². The molecule has 0 saturated carbocycles. The Morgan fingerprint density at radius 3 is 2.67 bits per heavy atom. The largest absolute Gasteiger partial charge is 0.398 e. The third-order valence-corrected chi connectivity index (χ3v) is 2.51. The quantitative estimate of drug-likeness (QED) is 0.634. The lowest BCUT2D eigenvalue weighted by Gasteiger charge is -1.91. The van der Waals surface area contributed by atoms with Crippen LogP contribution in [0.5, 0.6) is 0 Å². The van der Waals surface area contributed by atoms with Crippen LogP contribution in [0.2, 0.25) is 0 Å². The van der Waals surface area contributed by atoms with Crippen molar-refractivity contribution in [2.75, 3.05) is 5.73 Å². The van der Waals surface area contributed by atoms with Crippen LogP contribution in [0.4, 0.5) is 5.69 Å². The second-order valence-electron chi connectivity index (χ2n) is 2.01. The zero-order valence-electron chi connectivity index (χ0n) is 5.48. The van der Waals surface area contributed by atoms with E-state index in [1.54, 1.807) is 11.3 Å². The van der Waals surface area contributed by atoms with Gasteiger partial charge < -0.3 is 5.73 Å². The van der Waals surface area contributed by atoms with Crippen molar-refractivity contribution in [3.8, 4) is 0 Å². The van der Waals surface area contributed by atoms with Crippen molar-refractivity contribution in [1.82, 2.24) is 0 Å². The van der Waals surface area contributed by atoms with E-state index in [0.29, 0.717) is 0 Å². The van der Waals surface area contributed by atoms with Crippen LogP contribution in [0.25, 0.3) is 0 Å². The molecule has 0 aliphatic rings. The van der Waals surface area contributed by atoms with Gasteiger partial charge in [-0.1, -0.05) is 0 Å². The lowest BCUT2D eigenvalue weighted by molar-refractivity contribution is 1.34. The van der Waals surface area contributed by atoms with Crippen molar-refractivity contribution in [1.29, 1.82) is 0 Å². The fraction of sp³-hybridized carbons (Fsp3) is 0.286. The summed E-state index contributed by atoms with van der Waals surface area (Å²) in [6.45, 7) is 5.78. The van der Waals surface area contributed by atoms with Gasteiger partial charge in [0.2, 0.25) is 0 Å². The Bertz CT molecular complexity index is 203. The first-order chi connectivity index (χ1) is 4.25. The summed E-state index contributed by atoms with van der Waals surface area (Å²) in [5, 5.41) is 2.07. The Morgan fingerprint density at radius 1 is 1.78 bits per heavy atom. The molecule has 1 radical (unpaired) electrons. The topological polar surface area (TPSA) is 26.0 Å². The Hall–Kier alpha value is -0.500. The molecule has 0 atom stereocenters. The van der Waals surface area contributed by atoms with E-state index < -0.39 is 0 Å². The molecule has 1 heterocycles. The van der Waals surface area contributed by atoms with Crippen LogP contribution < -0.4 is 5.73 Å². The monoisotopic (exact) mass is 140 g/mol. The molecular weight excluding hydrogens is 130 g/mol. The summed E-state index contributed by atoms with van der Waals surface area (Å²) < 4.78 is 0. The standard InChI is InChI=1S/C7H10NS/c1-3-6-7(8)5(2)4-9-6/h4H,1,3,8H2,2H3. The van der Waals surface area contributed by atoms with Gasteiger partial charge in [-0.05, 0) is 31.2 Å². The molecule has 1 nitrogen and oxygen atoms in total. The smallest absolute Gasteiger partial charge is 0.0485 e. The van der Waals surface area contributed by atoms with Gasteiger partial charge in [0, 0.05) is 10.6 Å². The zero-order valence-corrected chi connectivity index (χ0v) is 6.29. The Balaban J connectivity index is 3.04. The molecular formula is C7H10NS. The molecule has 0 bridgehead atoms. The molecule has 1 rings (SSSR count). The van der Waals surface area contributed by atoms with Gasteiger partial charge in [-0.2, -0.15) is 0 Å². The fourth-order valence-electron chi connectivity index (χ4n) is 0.700. The van der Waals surface area contributed by atoms with Crippen molar-refractivity contribution >= 4 is 17.0 Å². The van der Waals surface area contributed by atoms with Gasteiger partial charge in [0.15, 0.2) is 0 Å². The van der Waals surface area contributed by atoms with E-state index in [2.05, 4.69) is 12.3 Å². The normalized spacial score (nSPS) is 10.0. The van der Waals surface area contributed by atoms with E-state index in [1.807, 2.05) is 6.92 Å². The molecule has 0 aromatic carbocycles. The highest BCUT2D eigenvalue weighted by atomic mass is 32.1. The van der Waals surface area contributed by atoms with Crippen LogP contribution in [0, 0.1) is 13.8 Å². The molecule has 1 aromatic heterocycles. The second-order valence-corrected chi connectivity index (χ2v) is 2.97. The number of thiophene rings is 1. The first-order valence-electron chi connectivity index (χ1n) is 2.87. The molecule has 0 amide bonds. The van der Waals surface area contributed by atoms with Crippen molar-refractivity contribution in [3.63, 3.8) is 0 Å². The van der Waals surface area contributed by atoms with E-state index in [4.69, 9.17) is 5.73 Å². The summed E-state index contributed by atoms with van der Waals surface area (Å²) in [7, 11) is 0. The number of anilines is 1. The van der Waals surface area contributed by atoms with Crippen LogP contribution in [-0.4, -0.2) is 0 Å². The molecule has 0 aliphatic carbocycles. The average Bonchev–Trinajstić information content (AvgIpc) is 2.15. The predicted octanol–water partition coefficient (Wildman–Crippen LogP) is 2.02. The maximum absolute atomic E-state index is 5.68. The molecule has 0 fully saturated rings. The molecule has 0 spiro atoms. The Morgan fingerprint density at radius 2 is 2.44 bits per heavy atom. The lowest BCUT2D eigenvalue weighted by Crippen LogP contribution is -1.88. The third kappa shape index (κ3) is 1.08. The summed E-state index contributed by atoms with van der Waals surface area (Å²) in [6, 6.07) is 0. The van der Waals surface area contributed by atoms with E-state index in [1.165, 1.54) is 10.4 Å². The highest BCUT2D eigenvalue weighted by Gasteiger charge is 2.00. The number of aryl methyl sites for hydroxylation is 1. The molecule has 2 heteroatoms. The molecule has 0 aliphatic heterocycles. The van der Waals surface area contributed by atoms with Gasteiger partial charge in [-0.3, -0.25) is 0 Å². The summed E-state index contributed by atoms with van der Waals surface area (Å²) >= 11 is 1.69. The number of hydrogen-bond donors (Lipinski definition) is 1. The molecule has 1 aromatic rings. The highest BCUT2D eigenvalue weighted by Crippen LogP contribution is 2.23. The summed E-state index contributed by atoms with van der Waals surface area (Å²) in [6.07, 6.45) is 0.810. The SMILES string of the molecule is [CH2]Cc1scc(C)c1N. The van der Waals surface area contributed by atoms with E-state index >= 15 is 0 Å². The first kappa shape index (κ1) is 6.62. The van der Waals surface area contributed by atoms with Gasteiger partial charge in [-0.15, -0.1) is 11.3 Å². The molecule has 9 heavy (non-hydrogen) atoms. The molecule has 0 saturated heterocycles. The van der Waals surface area contributed by atoms with Gasteiger partial charge in [0.25, 0.3) is 0 Å². The van der Waals surface area contributed by atoms with Crippen LogP contribution >= 0.6 is 11.3 Å². The average molecular weight is 140 g/mol.